The Balaban J connectivity index is 2.03. The third-order valence-electron chi connectivity index (χ3n) is 3.77. The van der Waals surface area contributed by atoms with Crippen molar-refractivity contribution in [1.29, 1.82) is 0 Å². The number of primary amides is 1. The Morgan fingerprint density at radius 1 is 1.50 bits per heavy atom. The van der Waals surface area contributed by atoms with Crippen molar-refractivity contribution in [2.45, 2.75) is 45.2 Å². The molecule has 1 saturated carbocycles. The molecule has 2 rings (SSSR count). The lowest BCUT2D eigenvalue weighted by Crippen LogP contribution is -2.33. The van der Waals surface area contributed by atoms with E-state index in [2.05, 4.69) is 26.3 Å². The SMILES string of the molecule is CCn1ncc(NC2CCC(C(N)=O)CC2)c(Br)c1=O. The number of amides is 1. The number of aryl methyl sites for hydroxylation is 1. The third kappa shape index (κ3) is 3.20. The molecular formula is C13H19BrN4O2. The second-order valence-electron chi connectivity index (χ2n) is 5.09. The first-order chi connectivity index (χ1) is 9.52. The van der Waals surface area contributed by atoms with E-state index >= 15 is 0 Å². The molecule has 0 radical (unpaired) electrons. The fraction of sp³-hybridized carbons (Fsp3) is 0.615. The number of carbonyl (C=O) groups is 1. The lowest BCUT2D eigenvalue weighted by Gasteiger charge is -2.28. The van der Waals surface area contributed by atoms with Crippen LogP contribution in [0.2, 0.25) is 0 Å². The smallest absolute Gasteiger partial charge is 0.283 e. The Morgan fingerprint density at radius 3 is 2.70 bits per heavy atom. The molecule has 20 heavy (non-hydrogen) atoms. The molecule has 1 fully saturated rings. The zero-order valence-corrected chi connectivity index (χ0v) is 13.0. The van der Waals surface area contributed by atoms with Crippen molar-refractivity contribution in [2.75, 3.05) is 5.32 Å². The highest BCUT2D eigenvalue weighted by Crippen LogP contribution is 2.27. The topological polar surface area (TPSA) is 90.0 Å². The van der Waals surface area contributed by atoms with Gasteiger partial charge in [0.1, 0.15) is 4.47 Å². The van der Waals surface area contributed by atoms with Crippen molar-refractivity contribution in [3.63, 3.8) is 0 Å². The van der Waals surface area contributed by atoms with Crippen LogP contribution in [0.1, 0.15) is 32.6 Å². The van der Waals surface area contributed by atoms with E-state index in [4.69, 9.17) is 5.73 Å². The molecule has 0 atom stereocenters. The Kier molecular flexibility index (Phi) is 4.80. The van der Waals surface area contributed by atoms with Crippen molar-refractivity contribution in [3.05, 3.63) is 21.0 Å². The number of nitrogens with one attached hydrogen (secondary N) is 1. The van der Waals surface area contributed by atoms with Gasteiger partial charge < -0.3 is 11.1 Å². The lowest BCUT2D eigenvalue weighted by molar-refractivity contribution is -0.122. The van der Waals surface area contributed by atoms with Gasteiger partial charge in [0.25, 0.3) is 5.56 Å². The number of aromatic nitrogens is 2. The van der Waals surface area contributed by atoms with Crippen LogP contribution < -0.4 is 16.6 Å². The van der Waals surface area contributed by atoms with Gasteiger partial charge in [-0.2, -0.15) is 5.10 Å². The number of nitrogens with zero attached hydrogens (tertiary/aromatic N) is 2. The summed E-state index contributed by atoms with van der Waals surface area (Å²) < 4.78 is 1.91. The van der Waals surface area contributed by atoms with Gasteiger partial charge in [-0.15, -0.1) is 0 Å². The number of carbonyl (C=O) groups excluding carboxylic acids is 1. The van der Waals surface area contributed by atoms with Crippen LogP contribution in [0.5, 0.6) is 0 Å². The standard InChI is InChI=1S/C13H19BrN4O2/c1-2-18-13(20)11(14)10(7-16-18)17-9-5-3-8(4-6-9)12(15)19/h7-9,17H,2-6H2,1H3,(H2,15,19). The van der Waals surface area contributed by atoms with E-state index in [1.54, 1.807) is 6.20 Å². The number of anilines is 1. The summed E-state index contributed by atoms with van der Waals surface area (Å²) >= 11 is 3.32. The van der Waals surface area contributed by atoms with E-state index in [1.165, 1.54) is 4.68 Å². The summed E-state index contributed by atoms with van der Waals surface area (Å²) in [5.41, 5.74) is 5.89. The fourth-order valence-electron chi connectivity index (χ4n) is 2.53. The zero-order chi connectivity index (χ0) is 14.7. The maximum Gasteiger partial charge on any atom is 0.283 e. The minimum absolute atomic E-state index is 0.0114. The summed E-state index contributed by atoms with van der Waals surface area (Å²) in [6, 6.07) is 0.251. The normalized spacial score (nSPS) is 22.5. The van der Waals surface area contributed by atoms with E-state index in [0.717, 1.165) is 25.7 Å². The average molecular weight is 343 g/mol. The van der Waals surface area contributed by atoms with Crippen molar-refractivity contribution < 1.29 is 4.79 Å². The maximum absolute atomic E-state index is 12.0. The highest BCUT2D eigenvalue weighted by Gasteiger charge is 2.25. The van der Waals surface area contributed by atoms with E-state index in [9.17, 15) is 9.59 Å². The summed E-state index contributed by atoms with van der Waals surface area (Å²) in [6.45, 7) is 2.42. The number of halogens is 1. The Hall–Kier alpha value is -1.37. The molecule has 1 heterocycles. The Bertz CT molecular complexity index is 550. The predicted octanol–water partition coefficient (Wildman–Crippen LogP) is 1.48. The van der Waals surface area contributed by atoms with Gasteiger partial charge in [0.15, 0.2) is 0 Å². The van der Waals surface area contributed by atoms with Crippen LogP contribution >= 0.6 is 15.9 Å². The summed E-state index contributed by atoms with van der Waals surface area (Å²) in [5, 5.41) is 7.43. The van der Waals surface area contributed by atoms with Gasteiger partial charge in [0, 0.05) is 18.5 Å². The van der Waals surface area contributed by atoms with Gasteiger partial charge in [0.05, 0.1) is 11.9 Å². The summed E-state index contributed by atoms with van der Waals surface area (Å²) in [7, 11) is 0. The monoisotopic (exact) mass is 342 g/mol. The second-order valence-corrected chi connectivity index (χ2v) is 5.88. The third-order valence-corrected chi connectivity index (χ3v) is 4.54. The highest BCUT2D eigenvalue weighted by atomic mass is 79.9. The summed E-state index contributed by atoms with van der Waals surface area (Å²) in [5.74, 6) is -0.223. The number of nitrogens with two attached hydrogens (primary N) is 1. The summed E-state index contributed by atoms with van der Waals surface area (Å²) in [6.07, 6.45) is 5.00. The van der Waals surface area contributed by atoms with Crippen LogP contribution in [0.3, 0.4) is 0 Å². The van der Waals surface area contributed by atoms with Crippen LogP contribution in [-0.4, -0.2) is 21.7 Å². The molecule has 0 aromatic carbocycles. The Morgan fingerprint density at radius 2 is 2.15 bits per heavy atom. The number of hydrogen-bond acceptors (Lipinski definition) is 4. The minimum atomic E-state index is -0.211. The van der Waals surface area contributed by atoms with Gasteiger partial charge >= 0.3 is 0 Å². The van der Waals surface area contributed by atoms with Gasteiger partial charge in [-0.1, -0.05) is 0 Å². The van der Waals surface area contributed by atoms with Crippen LogP contribution in [-0.2, 0) is 11.3 Å². The molecular weight excluding hydrogens is 324 g/mol. The van der Waals surface area contributed by atoms with Crippen LogP contribution in [0, 0.1) is 5.92 Å². The zero-order valence-electron chi connectivity index (χ0n) is 11.4. The quantitative estimate of drug-likeness (QED) is 0.867. The van der Waals surface area contributed by atoms with Crippen molar-refractivity contribution in [1.82, 2.24) is 9.78 Å². The number of hydrogen-bond donors (Lipinski definition) is 2. The van der Waals surface area contributed by atoms with E-state index in [1.807, 2.05) is 6.92 Å². The van der Waals surface area contributed by atoms with Gasteiger partial charge in [-0.3, -0.25) is 9.59 Å². The van der Waals surface area contributed by atoms with Crippen LogP contribution in [0.15, 0.2) is 15.5 Å². The highest BCUT2D eigenvalue weighted by molar-refractivity contribution is 9.10. The number of rotatable bonds is 4. The molecule has 1 aliphatic carbocycles. The lowest BCUT2D eigenvalue weighted by atomic mass is 9.85. The minimum Gasteiger partial charge on any atom is -0.380 e. The predicted molar refractivity (Wildman–Crippen MR) is 80.4 cm³/mol. The molecule has 0 aliphatic heterocycles. The van der Waals surface area contributed by atoms with Crippen LogP contribution in [0.25, 0.3) is 0 Å². The van der Waals surface area contributed by atoms with Gasteiger partial charge in [-0.25, -0.2) is 4.68 Å². The molecule has 1 aromatic heterocycles. The molecule has 1 aromatic rings. The van der Waals surface area contributed by atoms with E-state index in [0.29, 0.717) is 16.7 Å². The van der Waals surface area contributed by atoms with Crippen molar-refractivity contribution in [3.8, 4) is 0 Å². The van der Waals surface area contributed by atoms with E-state index < -0.39 is 0 Å². The molecule has 1 amide bonds. The largest absolute Gasteiger partial charge is 0.380 e. The van der Waals surface area contributed by atoms with E-state index in [-0.39, 0.29) is 23.4 Å². The first kappa shape index (κ1) is 15.0. The van der Waals surface area contributed by atoms with Crippen molar-refractivity contribution >= 4 is 27.5 Å². The molecule has 0 saturated heterocycles. The van der Waals surface area contributed by atoms with Gasteiger partial charge in [0.2, 0.25) is 5.91 Å². The maximum atomic E-state index is 12.0. The molecule has 110 valence electrons. The molecule has 1 aliphatic rings. The van der Waals surface area contributed by atoms with Crippen molar-refractivity contribution in [2.24, 2.45) is 11.7 Å². The first-order valence-electron chi connectivity index (χ1n) is 6.84. The second kappa shape index (κ2) is 6.39. The average Bonchev–Trinajstić information content (AvgIpc) is 2.45. The molecule has 6 nitrogen and oxygen atoms in total. The molecule has 3 N–H and O–H groups in total. The molecule has 0 spiro atoms. The Labute approximate surface area is 125 Å². The molecule has 0 unspecified atom stereocenters. The summed E-state index contributed by atoms with van der Waals surface area (Å²) in [4.78, 5) is 23.1. The van der Waals surface area contributed by atoms with Crippen LogP contribution in [0.4, 0.5) is 5.69 Å². The first-order valence-corrected chi connectivity index (χ1v) is 7.63. The fourth-order valence-corrected chi connectivity index (χ4v) is 2.95. The van der Waals surface area contributed by atoms with Gasteiger partial charge in [-0.05, 0) is 48.5 Å². The molecule has 7 heteroatoms. The molecule has 0 bridgehead atoms.